The third-order valence-electron chi connectivity index (χ3n) is 4.29. The van der Waals surface area contributed by atoms with Gasteiger partial charge >= 0.3 is 0 Å². The van der Waals surface area contributed by atoms with E-state index in [4.69, 9.17) is 0 Å². The van der Waals surface area contributed by atoms with Gasteiger partial charge in [0.25, 0.3) is 0 Å². The second-order valence-electron chi connectivity index (χ2n) is 6.15. The number of piperidine rings is 1. The standard InChI is InChI=1S/C17H24N2O/c1-13(2)19-14(12-18-9-4-3-5-10-18)11-15-16(19)7-6-8-17(15)20/h6-8,11,13,20H,3-5,9-10,12H2,1-2H3. The molecule has 2 heterocycles. The highest BCUT2D eigenvalue weighted by molar-refractivity contribution is 5.87. The molecule has 1 aliphatic rings. The number of hydrogen-bond donors (Lipinski definition) is 1. The van der Waals surface area contributed by atoms with Gasteiger partial charge in [0.05, 0.1) is 5.52 Å². The molecule has 0 unspecified atom stereocenters. The summed E-state index contributed by atoms with van der Waals surface area (Å²) >= 11 is 0. The van der Waals surface area contributed by atoms with Crippen molar-refractivity contribution in [1.82, 2.24) is 9.47 Å². The van der Waals surface area contributed by atoms with Crippen molar-refractivity contribution in [3.05, 3.63) is 30.0 Å². The highest BCUT2D eigenvalue weighted by Gasteiger charge is 2.17. The van der Waals surface area contributed by atoms with Crippen LogP contribution in [-0.4, -0.2) is 27.7 Å². The Kier molecular flexibility index (Phi) is 3.70. The molecule has 3 nitrogen and oxygen atoms in total. The first kappa shape index (κ1) is 13.5. The molecule has 1 aliphatic heterocycles. The zero-order valence-corrected chi connectivity index (χ0v) is 12.5. The molecule has 1 aromatic carbocycles. The van der Waals surface area contributed by atoms with Crippen LogP contribution >= 0.6 is 0 Å². The van der Waals surface area contributed by atoms with Gasteiger partial charge < -0.3 is 9.67 Å². The van der Waals surface area contributed by atoms with Gasteiger partial charge in [-0.3, -0.25) is 4.90 Å². The number of rotatable bonds is 3. The Bertz CT molecular complexity index is 594. The SMILES string of the molecule is CC(C)n1c(CN2CCCCC2)cc2c(O)cccc21. The second-order valence-corrected chi connectivity index (χ2v) is 6.15. The van der Waals surface area contributed by atoms with Crippen LogP contribution in [0, 0.1) is 0 Å². The van der Waals surface area contributed by atoms with Crippen LogP contribution in [0.3, 0.4) is 0 Å². The van der Waals surface area contributed by atoms with E-state index in [9.17, 15) is 5.11 Å². The average molecular weight is 272 g/mol. The lowest BCUT2D eigenvalue weighted by Gasteiger charge is -2.27. The molecule has 20 heavy (non-hydrogen) atoms. The van der Waals surface area contributed by atoms with Crippen molar-refractivity contribution in [2.45, 2.75) is 45.7 Å². The van der Waals surface area contributed by atoms with E-state index < -0.39 is 0 Å². The van der Waals surface area contributed by atoms with Crippen LogP contribution in [0.5, 0.6) is 5.75 Å². The Hall–Kier alpha value is -1.48. The lowest BCUT2D eigenvalue weighted by molar-refractivity contribution is 0.215. The van der Waals surface area contributed by atoms with E-state index in [0.717, 1.165) is 17.4 Å². The molecule has 0 spiro atoms. The molecule has 3 rings (SSSR count). The normalized spacial score (nSPS) is 17.1. The van der Waals surface area contributed by atoms with Crippen LogP contribution in [0.2, 0.25) is 0 Å². The highest BCUT2D eigenvalue weighted by Crippen LogP contribution is 2.31. The molecular formula is C17H24N2O. The van der Waals surface area contributed by atoms with Gasteiger partial charge in [-0.2, -0.15) is 0 Å². The van der Waals surface area contributed by atoms with Crippen molar-refractivity contribution in [1.29, 1.82) is 0 Å². The van der Waals surface area contributed by atoms with Gasteiger partial charge in [0, 0.05) is 23.7 Å². The summed E-state index contributed by atoms with van der Waals surface area (Å²) in [7, 11) is 0. The summed E-state index contributed by atoms with van der Waals surface area (Å²) < 4.78 is 2.36. The number of aromatic hydroxyl groups is 1. The molecule has 0 atom stereocenters. The number of phenolic OH excluding ortho intramolecular Hbond substituents is 1. The average Bonchev–Trinajstić information content (AvgIpc) is 2.79. The smallest absolute Gasteiger partial charge is 0.124 e. The maximum atomic E-state index is 10.1. The van der Waals surface area contributed by atoms with Gasteiger partial charge in [-0.1, -0.05) is 12.5 Å². The van der Waals surface area contributed by atoms with Gasteiger partial charge in [0.15, 0.2) is 0 Å². The van der Waals surface area contributed by atoms with Crippen LogP contribution in [0.4, 0.5) is 0 Å². The topological polar surface area (TPSA) is 28.4 Å². The summed E-state index contributed by atoms with van der Waals surface area (Å²) in [4.78, 5) is 2.54. The summed E-state index contributed by atoms with van der Waals surface area (Å²) in [6.45, 7) is 7.82. The van der Waals surface area contributed by atoms with Crippen LogP contribution in [0.1, 0.15) is 44.8 Å². The van der Waals surface area contributed by atoms with Gasteiger partial charge in [-0.25, -0.2) is 0 Å². The maximum Gasteiger partial charge on any atom is 0.124 e. The molecule has 0 amide bonds. The van der Waals surface area contributed by atoms with Gasteiger partial charge in [0.1, 0.15) is 5.75 Å². The summed E-state index contributed by atoms with van der Waals surface area (Å²) in [6.07, 6.45) is 3.99. The zero-order valence-electron chi connectivity index (χ0n) is 12.5. The molecule has 0 aliphatic carbocycles. The van der Waals surface area contributed by atoms with Crippen LogP contribution < -0.4 is 0 Å². The number of benzene rings is 1. The lowest BCUT2D eigenvalue weighted by atomic mass is 10.1. The fourth-order valence-corrected chi connectivity index (χ4v) is 3.37. The van der Waals surface area contributed by atoms with E-state index in [1.54, 1.807) is 6.07 Å². The minimum absolute atomic E-state index is 0.391. The Morgan fingerprint density at radius 3 is 2.60 bits per heavy atom. The third-order valence-corrected chi connectivity index (χ3v) is 4.29. The first-order valence-electron chi connectivity index (χ1n) is 7.71. The van der Waals surface area contributed by atoms with Crippen LogP contribution in [0.25, 0.3) is 10.9 Å². The van der Waals surface area contributed by atoms with Crippen molar-refractivity contribution < 1.29 is 5.11 Å². The first-order chi connectivity index (χ1) is 9.66. The Balaban J connectivity index is 2.00. The van der Waals surface area contributed by atoms with Crippen molar-refractivity contribution in [2.24, 2.45) is 0 Å². The fraction of sp³-hybridized carbons (Fsp3) is 0.529. The van der Waals surface area contributed by atoms with Crippen LogP contribution in [0.15, 0.2) is 24.3 Å². The lowest BCUT2D eigenvalue weighted by Crippen LogP contribution is -2.30. The van der Waals surface area contributed by atoms with Crippen molar-refractivity contribution in [3.8, 4) is 5.75 Å². The molecule has 1 aromatic heterocycles. The Morgan fingerprint density at radius 1 is 1.15 bits per heavy atom. The minimum Gasteiger partial charge on any atom is -0.507 e. The molecule has 1 fully saturated rings. The summed E-state index contributed by atoms with van der Waals surface area (Å²) in [6, 6.07) is 8.39. The van der Waals surface area contributed by atoms with Crippen molar-refractivity contribution >= 4 is 10.9 Å². The monoisotopic (exact) mass is 272 g/mol. The number of hydrogen-bond acceptors (Lipinski definition) is 2. The van der Waals surface area contributed by atoms with Crippen molar-refractivity contribution in [2.75, 3.05) is 13.1 Å². The summed E-state index contributed by atoms with van der Waals surface area (Å²) in [5.74, 6) is 0.391. The van der Waals surface area contributed by atoms with E-state index in [2.05, 4.69) is 35.4 Å². The van der Waals surface area contributed by atoms with Crippen molar-refractivity contribution in [3.63, 3.8) is 0 Å². The zero-order chi connectivity index (χ0) is 14.1. The van der Waals surface area contributed by atoms with E-state index in [-0.39, 0.29) is 0 Å². The third kappa shape index (κ3) is 2.42. The number of fused-ring (bicyclic) bond motifs is 1. The van der Waals surface area contributed by atoms with E-state index in [1.165, 1.54) is 38.0 Å². The molecule has 0 saturated carbocycles. The molecule has 0 bridgehead atoms. The molecule has 2 aromatic rings. The van der Waals surface area contributed by atoms with Crippen LogP contribution in [-0.2, 0) is 6.54 Å². The maximum absolute atomic E-state index is 10.1. The summed E-state index contributed by atoms with van der Waals surface area (Å²) in [5, 5.41) is 11.0. The second kappa shape index (κ2) is 5.49. The van der Waals surface area contributed by atoms with E-state index in [0.29, 0.717) is 11.8 Å². The minimum atomic E-state index is 0.391. The summed E-state index contributed by atoms with van der Waals surface area (Å²) in [5.41, 5.74) is 2.46. The van der Waals surface area contributed by atoms with E-state index in [1.807, 2.05) is 6.07 Å². The highest BCUT2D eigenvalue weighted by atomic mass is 16.3. The van der Waals surface area contributed by atoms with Gasteiger partial charge in [-0.05, 0) is 58.0 Å². The number of nitrogens with zero attached hydrogens (tertiary/aromatic N) is 2. The fourth-order valence-electron chi connectivity index (χ4n) is 3.37. The number of aromatic nitrogens is 1. The molecule has 108 valence electrons. The Labute approximate surface area is 120 Å². The molecule has 1 saturated heterocycles. The molecule has 3 heteroatoms. The Morgan fingerprint density at radius 2 is 1.90 bits per heavy atom. The predicted octanol–water partition coefficient (Wildman–Crippen LogP) is 3.91. The van der Waals surface area contributed by atoms with E-state index >= 15 is 0 Å². The quantitative estimate of drug-likeness (QED) is 0.917. The van der Waals surface area contributed by atoms with Gasteiger partial charge in [-0.15, -0.1) is 0 Å². The molecule has 0 radical (unpaired) electrons. The molecule has 1 N–H and O–H groups in total. The number of phenols is 1. The largest absolute Gasteiger partial charge is 0.507 e. The first-order valence-corrected chi connectivity index (χ1v) is 7.71. The number of likely N-dealkylation sites (tertiary alicyclic amines) is 1. The van der Waals surface area contributed by atoms with Gasteiger partial charge in [0.2, 0.25) is 0 Å². The molecular weight excluding hydrogens is 248 g/mol. The predicted molar refractivity (Wildman–Crippen MR) is 83.1 cm³/mol.